The van der Waals surface area contributed by atoms with E-state index in [9.17, 15) is 4.79 Å². The topological polar surface area (TPSA) is 43.8 Å². The van der Waals surface area contributed by atoms with Crippen molar-refractivity contribution in [2.24, 2.45) is 0 Å². The van der Waals surface area contributed by atoms with Crippen LogP contribution in [-0.4, -0.2) is 54.1 Å². The van der Waals surface area contributed by atoms with Crippen molar-refractivity contribution in [3.8, 4) is 0 Å². The average Bonchev–Trinajstić information content (AvgIpc) is 2.40. The molecule has 4 heteroatoms. The molecule has 116 valence electrons. The first-order chi connectivity index (χ1) is 9.88. The van der Waals surface area contributed by atoms with Crippen molar-refractivity contribution in [1.29, 1.82) is 0 Å². The molecule has 0 amide bonds. The fraction of sp³-hybridized carbons (Fsp3) is 0.588. The van der Waals surface area contributed by atoms with Crippen LogP contribution in [0.25, 0.3) is 0 Å². The summed E-state index contributed by atoms with van der Waals surface area (Å²) >= 11 is 0. The molecular formula is C17H26N2O2. The smallest absolute Gasteiger partial charge is 0.304 e. The molecule has 1 heterocycles. The number of aliphatic carboxylic acids is 1. The second-order valence-electron chi connectivity index (χ2n) is 6.69. The van der Waals surface area contributed by atoms with Gasteiger partial charge in [0.05, 0.1) is 6.42 Å². The molecular weight excluding hydrogens is 264 g/mol. The maximum absolute atomic E-state index is 11.1. The number of hydrogen-bond donors (Lipinski definition) is 1. The molecule has 1 N–H and O–H groups in total. The van der Waals surface area contributed by atoms with Crippen LogP contribution >= 0.6 is 0 Å². The summed E-state index contributed by atoms with van der Waals surface area (Å²) in [7, 11) is 2.15. The Morgan fingerprint density at radius 1 is 1.19 bits per heavy atom. The monoisotopic (exact) mass is 290 g/mol. The van der Waals surface area contributed by atoms with Gasteiger partial charge in [0, 0.05) is 38.1 Å². The molecule has 0 unspecified atom stereocenters. The van der Waals surface area contributed by atoms with Gasteiger partial charge >= 0.3 is 5.97 Å². The van der Waals surface area contributed by atoms with Gasteiger partial charge in [-0.1, -0.05) is 38.1 Å². The molecule has 0 saturated carbocycles. The first-order valence-corrected chi connectivity index (χ1v) is 7.59. The second-order valence-corrected chi connectivity index (χ2v) is 6.69. The third kappa shape index (κ3) is 4.29. The Hall–Kier alpha value is -1.39. The molecule has 0 bridgehead atoms. The number of carboxylic acids is 1. The minimum absolute atomic E-state index is 0.159. The highest BCUT2D eigenvalue weighted by molar-refractivity contribution is 5.69. The van der Waals surface area contributed by atoms with Crippen molar-refractivity contribution < 1.29 is 9.90 Å². The Morgan fingerprint density at radius 3 is 2.43 bits per heavy atom. The van der Waals surface area contributed by atoms with E-state index in [4.69, 9.17) is 5.11 Å². The highest BCUT2D eigenvalue weighted by Gasteiger charge is 2.27. The number of carboxylic acid groups (broad SMARTS) is 1. The first-order valence-electron chi connectivity index (χ1n) is 7.59. The van der Waals surface area contributed by atoms with Crippen LogP contribution < -0.4 is 0 Å². The highest BCUT2D eigenvalue weighted by Crippen LogP contribution is 2.30. The fourth-order valence-electron chi connectivity index (χ4n) is 3.04. The number of piperazine rings is 1. The van der Waals surface area contributed by atoms with Crippen LogP contribution in [0.2, 0.25) is 0 Å². The minimum Gasteiger partial charge on any atom is -0.481 e. The standard InChI is InChI=1S/C17H26N2O2/c1-17(2,12-16(20)21)15-7-5-4-6-14(15)13-19-10-8-18(3)9-11-19/h4-7H,8-13H2,1-3H3,(H,20,21). The Labute approximate surface area is 127 Å². The van der Waals surface area contributed by atoms with Crippen molar-refractivity contribution in [2.45, 2.75) is 32.2 Å². The molecule has 21 heavy (non-hydrogen) atoms. The van der Waals surface area contributed by atoms with Crippen molar-refractivity contribution in [3.05, 3.63) is 35.4 Å². The van der Waals surface area contributed by atoms with Gasteiger partial charge in [0.2, 0.25) is 0 Å². The largest absolute Gasteiger partial charge is 0.481 e. The molecule has 0 spiro atoms. The summed E-state index contributed by atoms with van der Waals surface area (Å²) in [6.07, 6.45) is 0.159. The molecule has 0 aliphatic carbocycles. The summed E-state index contributed by atoms with van der Waals surface area (Å²) in [5.74, 6) is -0.741. The molecule has 1 saturated heterocycles. The Balaban J connectivity index is 2.15. The van der Waals surface area contributed by atoms with E-state index >= 15 is 0 Å². The fourth-order valence-corrected chi connectivity index (χ4v) is 3.04. The lowest BCUT2D eigenvalue weighted by atomic mass is 9.79. The summed E-state index contributed by atoms with van der Waals surface area (Å²) in [6.45, 7) is 9.29. The van der Waals surface area contributed by atoms with E-state index in [1.807, 2.05) is 26.0 Å². The molecule has 1 aromatic carbocycles. The number of nitrogens with zero attached hydrogens (tertiary/aromatic N) is 2. The zero-order valence-electron chi connectivity index (χ0n) is 13.3. The van der Waals surface area contributed by atoms with Crippen molar-refractivity contribution in [3.63, 3.8) is 0 Å². The predicted molar refractivity (Wildman–Crippen MR) is 84.5 cm³/mol. The van der Waals surface area contributed by atoms with Gasteiger partial charge in [-0.05, 0) is 18.2 Å². The lowest BCUT2D eigenvalue weighted by molar-refractivity contribution is -0.138. The SMILES string of the molecule is CN1CCN(Cc2ccccc2C(C)(C)CC(=O)O)CC1. The summed E-state index contributed by atoms with van der Waals surface area (Å²) in [5, 5.41) is 9.14. The van der Waals surface area contributed by atoms with Gasteiger partial charge in [-0.3, -0.25) is 9.69 Å². The van der Waals surface area contributed by atoms with E-state index in [0.29, 0.717) is 0 Å². The number of benzene rings is 1. The van der Waals surface area contributed by atoms with Crippen LogP contribution in [0.3, 0.4) is 0 Å². The molecule has 1 aromatic rings. The van der Waals surface area contributed by atoms with Crippen molar-refractivity contribution in [1.82, 2.24) is 9.80 Å². The van der Waals surface area contributed by atoms with Gasteiger partial charge in [-0.15, -0.1) is 0 Å². The van der Waals surface area contributed by atoms with Crippen molar-refractivity contribution in [2.75, 3.05) is 33.2 Å². The van der Waals surface area contributed by atoms with E-state index in [1.54, 1.807) is 0 Å². The molecule has 0 atom stereocenters. The summed E-state index contributed by atoms with van der Waals surface area (Å²) < 4.78 is 0. The van der Waals surface area contributed by atoms with Gasteiger partial charge in [-0.2, -0.15) is 0 Å². The van der Waals surface area contributed by atoms with Crippen molar-refractivity contribution >= 4 is 5.97 Å². The quantitative estimate of drug-likeness (QED) is 0.903. The zero-order chi connectivity index (χ0) is 15.5. The number of carbonyl (C=O) groups is 1. The van der Waals surface area contributed by atoms with Crippen LogP contribution in [-0.2, 0) is 16.8 Å². The number of rotatable bonds is 5. The molecule has 2 rings (SSSR count). The Morgan fingerprint density at radius 2 is 1.81 bits per heavy atom. The predicted octanol–water partition coefficient (Wildman–Crippen LogP) is 2.19. The number of likely N-dealkylation sites (N-methyl/N-ethyl adjacent to an activating group) is 1. The highest BCUT2D eigenvalue weighted by atomic mass is 16.4. The molecule has 1 aliphatic heterocycles. The Kier molecular flexibility index (Phi) is 5.01. The zero-order valence-corrected chi connectivity index (χ0v) is 13.3. The first kappa shape index (κ1) is 16.0. The van der Waals surface area contributed by atoms with Crippen LogP contribution in [0, 0.1) is 0 Å². The van der Waals surface area contributed by atoms with Gasteiger partial charge < -0.3 is 10.0 Å². The second kappa shape index (κ2) is 6.58. The van der Waals surface area contributed by atoms with E-state index < -0.39 is 5.97 Å². The van der Waals surface area contributed by atoms with Crippen LogP contribution in [0.1, 0.15) is 31.4 Å². The van der Waals surface area contributed by atoms with Gasteiger partial charge in [-0.25, -0.2) is 0 Å². The molecule has 4 nitrogen and oxygen atoms in total. The van der Waals surface area contributed by atoms with E-state index in [0.717, 1.165) is 38.3 Å². The summed E-state index contributed by atoms with van der Waals surface area (Å²) in [6, 6.07) is 8.27. The van der Waals surface area contributed by atoms with E-state index in [1.165, 1.54) is 5.56 Å². The van der Waals surface area contributed by atoms with E-state index in [-0.39, 0.29) is 11.8 Å². The van der Waals surface area contributed by atoms with Gasteiger partial charge in [0.25, 0.3) is 0 Å². The van der Waals surface area contributed by atoms with Crippen LogP contribution in [0.4, 0.5) is 0 Å². The molecule has 0 radical (unpaired) electrons. The normalized spacial score (nSPS) is 17.9. The maximum Gasteiger partial charge on any atom is 0.304 e. The summed E-state index contributed by atoms with van der Waals surface area (Å²) in [4.78, 5) is 15.9. The maximum atomic E-state index is 11.1. The Bertz CT molecular complexity index is 491. The van der Waals surface area contributed by atoms with Gasteiger partial charge in [0.15, 0.2) is 0 Å². The average molecular weight is 290 g/mol. The lowest BCUT2D eigenvalue weighted by Crippen LogP contribution is -2.44. The molecule has 1 fully saturated rings. The van der Waals surface area contributed by atoms with E-state index in [2.05, 4.69) is 29.0 Å². The van der Waals surface area contributed by atoms with Crippen LogP contribution in [0.15, 0.2) is 24.3 Å². The third-order valence-electron chi connectivity index (χ3n) is 4.33. The third-order valence-corrected chi connectivity index (χ3v) is 4.33. The summed E-state index contributed by atoms with van der Waals surface area (Å²) in [5.41, 5.74) is 2.08. The lowest BCUT2D eigenvalue weighted by Gasteiger charge is -2.34. The van der Waals surface area contributed by atoms with Gasteiger partial charge in [0.1, 0.15) is 0 Å². The van der Waals surface area contributed by atoms with Crippen LogP contribution in [0.5, 0.6) is 0 Å². The number of hydrogen-bond acceptors (Lipinski definition) is 3. The molecule has 0 aromatic heterocycles. The minimum atomic E-state index is -0.741. The molecule has 1 aliphatic rings.